The molecule has 1 saturated carbocycles. The van der Waals surface area contributed by atoms with Crippen molar-refractivity contribution in [2.45, 2.75) is 70.6 Å². The van der Waals surface area contributed by atoms with Crippen LogP contribution in [0, 0.1) is 32.1 Å². The minimum atomic E-state index is -0.394. The highest BCUT2D eigenvalue weighted by Crippen LogP contribution is 2.38. The molecular weight excluding hydrogens is 350 g/mol. The summed E-state index contributed by atoms with van der Waals surface area (Å²) in [5.41, 5.74) is 4.26. The van der Waals surface area contributed by atoms with Gasteiger partial charge in [-0.2, -0.15) is 10.2 Å². The molecule has 1 amide bonds. The van der Waals surface area contributed by atoms with Crippen molar-refractivity contribution in [2.75, 3.05) is 0 Å². The fourth-order valence-electron chi connectivity index (χ4n) is 3.74. The first kappa shape index (κ1) is 18.7. The summed E-state index contributed by atoms with van der Waals surface area (Å²) in [6.07, 6.45) is 12.0. The summed E-state index contributed by atoms with van der Waals surface area (Å²) in [4.78, 5) is 17.1. The summed E-state index contributed by atoms with van der Waals surface area (Å²) in [5.74, 6) is 3.25. The van der Waals surface area contributed by atoms with E-state index in [1.54, 1.807) is 0 Å². The minimum absolute atomic E-state index is 0.0747. The van der Waals surface area contributed by atoms with Crippen LogP contribution in [0.1, 0.15) is 49.7 Å². The van der Waals surface area contributed by atoms with E-state index < -0.39 is 5.66 Å². The molecule has 0 radical (unpaired) electrons. The van der Waals surface area contributed by atoms with E-state index >= 15 is 0 Å². The first-order chi connectivity index (χ1) is 13.5. The number of aromatic nitrogens is 2. The van der Waals surface area contributed by atoms with E-state index in [2.05, 4.69) is 57.0 Å². The molecule has 1 atom stereocenters. The first-order valence-corrected chi connectivity index (χ1v) is 10.1. The van der Waals surface area contributed by atoms with Crippen LogP contribution in [0.4, 0.5) is 0 Å². The van der Waals surface area contributed by atoms with Crippen LogP contribution in [-0.4, -0.2) is 27.2 Å². The number of terminal acetylenes is 1. The zero-order valence-electron chi connectivity index (χ0n) is 16.6. The van der Waals surface area contributed by atoms with Crippen molar-refractivity contribution in [2.24, 2.45) is 16.1 Å². The Hall–Kier alpha value is -2.68. The van der Waals surface area contributed by atoms with Gasteiger partial charge in [-0.25, -0.2) is 4.98 Å². The van der Waals surface area contributed by atoms with Crippen LogP contribution < -0.4 is 5.32 Å². The predicted octanol–water partition coefficient (Wildman–Crippen LogP) is 3.90. The van der Waals surface area contributed by atoms with Gasteiger partial charge in [-0.3, -0.25) is 4.79 Å². The topological polar surface area (TPSA) is 71.6 Å². The highest BCUT2D eigenvalue weighted by molar-refractivity contribution is 5.78. The maximum atomic E-state index is 12.6. The molecule has 2 heterocycles. The maximum Gasteiger partial charge on any atom is 0.220 e. The number of hydrogen-bond donors (Lipinski definition) is 1. The van der Waals surface area contributed by atoms with Gasteiger partial charge in [0.2, 0.25) is 5.91 Å². The molecule has 6 nitrogen and oxygen atoms in total. The van der Waals surface area contributed by atoms with E-state index in [0.717, 1.165) is 24.0 Å². The highest BCUT2D eigenvalue weighted by atomic mass is 16.1. The summed E-state index contributed by atoms with van der Waals surface area (Å²) in [7, 11) is 0. The van der Waals surface area contributed by atoms with Crippen LogP contribution in [0.3, 0.4) is 0 Å². The van der Waals surface area contributed by atoms with Gasteiger partial charge >= 0.3 is 0 Å². The smallest absolute Gasteiger partial charge is 0.220 e. The van der Waals surface area contributed by atoms with Crippen molar-refractivity contribution in [3.63, 3.8) is 0 Å². The van der Waals surface area contributed by atoms with Crippen LogP contribution in [0.15, 0.2) is 28.7 Å². The molecule has 1 aliphatic carbocycles. The van der Waals surface area contributed by atoms with Gasteiger partial charge in [0, 0.05) is 38.3 Å². The van der Waals surface area contributed by atoms with E-state index in [1.165, 1.54) is 24.0 Å². The number of rotatable bonds is 9. The van der Waals surface area contributed by atoms with Gasteiger partial charge in [0.05, 0.1) is 17.4 Å². The van der Waals surface area contributed by atoms with Gasteiger partial charge in [-0.15, -0.1) is 12.3 Å². The van der Waals surface area contributed by atoms with Crippen LogP contribution in [0.2, 0.25) is 0 Å². The standard InChI is InChI=1S/C22H27N5O/c1-4-5-9-22(25-26-22)10-8-21(28)24-19(17-6-7-17)13-27-14-23-18-11-15(2)16(3)12-20(18)27/h1,11-12,14,17,19H,5-10,13H2,2-3H3,(H,24,28). The number of nitrogens with one attached hydrogen (secondary N) is 1. The van der Waals surface area contributed by atoms with Crippen LogP contribution in [0.25, 0.3) is 11.0 Å². The van der Waals surface area contributed by atoms with Crippen LogP contribution in [0.5, 0.6) is 0 Å². The molecule has 1 aromatic heterocycles. The van der Waals surface area contributed by atoms with E-state index in [9.17, 15) is 4.79 Å². The average Bonchev–Trinajstić information content (AvgIpc) is 3.59. The number of amides is 1. The second-order valence-electron chi connectivity index (χ2n) is 8.22. The van der Waals surface area contributed by atoms with Crippen molar-refractivity contribution in [3.8, 4) is 12.3 Å². The van der Waals surface area contributed by atoms with Crippen molar-refractivity contribution in [3.05, 3.63) is 29.6 Å². The van der Waals surface area contributed by atoms with E-state index in [1.807, 2.05) is 6.33 Å². The Kier molecular flexibility index (Phi) is 4.92. The zero-order valence-corrected chi connectivity index (χ0v) is 16.6. The molecule has 0 spiro atoms. The normalized spacial score (nSPS) is 18.0. The molecule has 1 aromatic carbocycles. The summed E-state index contributed by atoms with van der Waals surface area (Å²) in [6, 6.07) is 4.46. The SMILES string of the molecule is C#CCCC1(CCC(=O)NC(Cn2cnc3cc(C)c(C)cc32)C2CC2)N=N1. The van der Waals surface area contributed by atoms with Gasteiger partial charge < -0.3 is 9.88 Å². The fraction of sp³-hybridized carbons (Fsp3) is 0.545. The van der Waals surface area contributed by atoms with Gasteiger partial charge in [0.25, 0.3) is 0 Å². The quantitative estimate of drug-likeness (QED) is 0.673. The third kappa shape index (κ3) is 4.09. The zero-order chi connectivity index (χ0) is 19.7. The molecule has 0 bridgehead atoms. The molecule has 4 rings (SSSR count). The Morgan fingerprint density at radius 1 is 1.32 bits per heavy atom. The molecule has 1 fully saturated rings. The van der Waals surface area contributed by atoms with E-state index in [4.69, 9.17) is 6.42 Å². The summed E-state index contributed by atoms with van der Waals surface area (Å²) >= 11 is 0. The van der Waals surface area contributed by atoms with Crippen molar-refractivity contribution in [1.82, 2.24) is 14.9 Å². The number of hydrogen-bond acceptors (Lipinski definition) is 4. The minimum Gasteiger partial charge on any atom is -0.351 e. The number of imidazole rings is 1. The Bertz CT molecular complexity index is 957. The molecule has 6 heteroatoms. The second kappa shape index (κ2) is 7.38. The monoisotopic (exact) mass is 377 g/mol. The van der Waals surface area contributed by atoms with Crippen LogP contribution in [-0.2, 0) is 11.3 Å². The lowest BCUT2D eigenvalue weighted by Gasteiger charge is -2.20. The number of nitrogens with zero attached hydrogens (tertiary/aromatic N) is 4. The number of carbonyl (C=O) groups excluding carboxylic acids is 1. The maximum absolute atomic E-state index is 12.6. The third-order valence-corrected chi connectivity index (χ3v) is 5.97. The Labute approximate surface area is 165 Å². The number of carbonyl (C=O) groups is 1. The molecule has 1 aliphatic heterocycles. The lowest BCUT2D eigenvalue weighted by Crippen LogP contribution is -2.39. The van der Waals surface area contributed by atoms with Gasteiger partial charge in [-0.05, 0) is 55.9 Å². The molecule has 1 N–H and O–H groups in total. The average molecular weight is 377 g/mol. The summed E-state index contributed by atoms with van der Waals surface area (Å²) < 4.78 is 2.17. The Balaban J connectivity index is 1.38. The largest absolute Gasteiger partial charge is 0.351 e. The molecule has 146 valence electrons. The number of fused-ring (bicyclic) bond motifs is 1. The lowest BCUT2D eigenvalue weighted by atomic mass is 10.0. The molecule has 2 aliphatic rings. The third-order valence-electron chi connectivity index (χ3n) is 5.97. The van der Waals surface area contributed by atoms with Gasteiger partial charge in [0.1, 0.15) is 0 Å². The fourth-order valence-corrected chi connectivity index (χ4v) is 3.74. The Morgan fingerprint density at radius 2 is 2.07 bits per heavy atom. The number of benzene rings is 1. The summed E-state index contributed by atoms with van der Waals surface area (Å²) in [6.45, 7) is 4.98. The molecule has 1 unspecified atom stereocenters. The first-order valence-electron chi connectivity index (χ1n) is 10.1. The number of aryl methyl sites for hydroxylation is 2. The Morgan fingerprint density at radius 3 is 2.75 bits per heavy atom. The van der Waals surface area contributed by atoms with E-state index in [0.29, 0.717) is 25.2 Å². The van der Waals surface area contributed by atoms with E-state index in [-0.39, 0.29) is 11.9 Å². The molecule has 28 heavy (non-hydrogen) atoms. The predicted molar refractivity (Wildman–Crippen MR) is 109 cm³/mol. The molecular formula is C22H27N5O. The lowest BCUT2D eigenvalue weighted by molar-refractivity contribution is -0.122. The van der Waals surface area contributed by atoms with Crippen molar-refractivity contribution < 1.29 is 4.79 Å². The van der Waals surface area contributed by atoms with Crippen molar-refractivity contribution in [1.29, 1.82) is 0 Å². The van der Waals surface area contributed by atoms with Crippen LogP contribution >= 0.6 is 0 Å². The molecule has 2 aromatic rings. The van der Waals surface area contributed by atoms with Crippen molar-refractivity contribution >= 4 is 16.9 Å². The summed E-state index contributed by atoms with van der Waals surface area (Å²) in [5, 5.41) is 11.5. The highest BCUT2D eigenvalue weighted by Gasteiger charge is 2.40. The second-order valence-corrected chi connectivity index (χ2v) is 8.22. The molecule has 0 saturated heterocycles. The van der Waals surface area contributed by atoms with Gasteiger partial charge in [0.15, 0.2) is 5.66 Å². The van der Waals surface area contributed by atoms with Gasteiger partial charge in [-0.1, -0.05) is 0 Å².